The van der Waals surface area contributed by atoms with Gasteiger partial charge in [-0.2, -0.15) is 5.10 Å². The molecule has 0 fully saturated rings. The zero-order chi connectivity index (χ0) is 13.7. The van der Waals surface area contributed by atoms with Crippen LogP contribution in [0, 0.1) is 0 Å². The van der Waals surface area contributed by atoms with Crippen molar-refractivity contribution in [2.24, 2.45) is 5.73 Å². The third-order valence-corrected chi connectivity index (χ3v) is 2.62. The molecule has 0 radical (unpaired) electrons. The van der Waals surface area contributed by atoms with Gasteiger partial charge in [-0.15, -0.1) is 0 Å². The quantitative estimate of drug-likeness (QED) is 0.589. The normalized spacial score (nSPS) is 12.1. The topological polar surface area (TPSA) is 117 Å². The van der Waals surface area contributed by atoms with E-state index in [0.717, 1.165) is 5.56 Å². The number of hydrogen-bond acceptors (Lipinski definition) is 5. The molecule has 100 valence electrons. The Labute approximate surface area is 109 Å². The molecule has 19 heavy (non-hydrogen) atoms. The molecular weight excluding hydrogens is 246 g/mol. The molecule has 0 aliphatic rings. The second kappa shape index (κ2) is 5.96. The standard InChI is InChI=1S/C12H15N5O2/c13-10(5-8-1-3-9(18)4-2-8)12(19)14-6-11-15-7-16-17-11/h1-4,7,10,18H,5-6,13H2,(H,14,19)(H,15,16,17)/t10-/m1/s1. The minimum atomic E-state index is -0.646. The molecule has 2 aromatic rings. The van der Waals surface area contributed by atoms with Crippen molar-refractivity contribution in [1.29, 1.82) is 0 Å². The maximum Gasteiger partial charge on any atom is 0.237 e. The number of rotatable bonds is 5. The maximum absolute atomic E-state index is 11.8. The summed E-state index contributed by atoms with van der Waals surface area (Å²) in [5, 5.41) is 18.2. The highest BCUT2D eigenvalue weighted by molar-refractivity contribution is 5.81. The SMILES string of the molecule is N[C@H](Cc1ccc(O)cc1)C(=O)NCc1ncn[nH]1. The van der Waals surface area contributed by atoms with Crippen LogP contribution in [0.15, 0.2) is 30.6 Å². The Kier molecular flexibility index (Phi) is 4.09. The number of H-pyrrole nitrogens is 1. The third-order valence-electron chi connectivity index (χ3n) is 2.62. The Morgan fingerprint density at radius 2 is 2.16 bits per heavy atom. The first-order valence-corrected chi connectivity index (χ1v) is 5.80. The highest BCUT2D eigenvalue weighted by atomic mass is 16.3. The molecule has 2 rings (SSSR count). The largest absolute Gasteiger partial charge is 0.508 e. The summed E-state index contributed by atoms with van der Waals surface area (Å²) in [4.78, 5) is 15.7. The highest BCUT2D eigenvalue weighted by Gasteiger charge is 2.14. The van der Waals surface area contributed by atoms with E-state index in [4.69, 9.17) is 10.8 Å². The summed E-state index contributed by atoms with van der Waals surface area (Å²) in [6.45, 7) is 0.266. The number of hydrogen-bond donors (Lipinski definition) is 4. The average molecular weight is 261 g/mol. The minimum Gasteiger partial charge on any atom is -0.508 e. The van der Waals surface area contributed by atoms with Gasteiger partial charge in [-0.3, -0.25) is 9.89 Å². The molecule has 1 aromatic carbocycles. The molecule has 1 amide bonds. The molecule has 1 atom stereocenters. The number of aromatic nitrogens is 3. The first kappa shape index (κ1) is 13.0. The molecule has 1 heterocycles. The fourth-order valence-electron chi connectivity index (χ4n) is 1.60. The first-order chi connectivity index (χ1) is 9.15. The summed E-state index contributed by atoms with van der Waals surface area (Å²) >= 11 is 0. The fraction of sp³-hybridized carbons (Fsp3) is 0.250. The van der Waals surface area contributed by atoms with Gasteiger partial charge in [0.25, 0.3) is 0 Å². The van der Waals surface area contributed by atoms with Gasteiger partial charge in [0.2, 0.25) is 5.91 Å². The van der Waals surface area contributed by atoms with Gasteiger partial charge in [-0.25, -0.2) is 4.98 Å². The number of benzene rings is 1. The summed E-state index contributed by atoms with van der Waals surface area (Å²) in [5.41, 5.74) is 6.69. The predicted octanol–water partition coefficient (Wildman–Crippen LogP) is -0.304. The van der Waals surface area contributed by atoms with Gasteiger partial charge in [0.15, 0.2) is 0 Å². The Hall–Kier alpha value is -2.41. The number of nitrogens with zero attached hydrogens (tertiary/aromatic N) is 2. The van der Waals surface area contributed by atoms with E-state index in [1.54, 1.807) is 24.3 Å². The number of aromatic amines is 1. The Morgan fingerprint density at radius 1 is 1.42 bits per heavy atom. The van der Waals surface area contributed by atoms with Crippen molar-refractivity contribution in [3.8, 4) is 5.75 Å². The number of aromatic hydroxyl groups is 1. The molecule has 7 nitrogen and oxygen atoms in total. The summed E-state index contributed by atoms with van der Waals surface area (Å²) in [6.07, 6.45) is 1.78. The van der Waals surface area contributed by atoms with Crippen molar-refractivity contribution in [3.63, 3.8) is 0 Å². The Bertz CT molecular complexity index is 524. The third kappa shape index (κ3) is 3.78. The van der Waals surface area contributed by atoms with Crippen molar-refractivity contribution in [1.82, 2.24) is 20.5 Å². The lowest BCUT2D eigenvalue weighted by Crippen LogP contribution is -2.41. The van der Waals surface area contributed by atoms with Crippen molar-refractivity contribution in [2.45, 2.75) is 19.0 Å². The molecule has 1 aromatic heterocycles. The molecule has 0 unspecified atom stereocenters. The van der Waals surface area contributed by atoms with Crippen LogP contribution in [0.25, 0.3) is 0 Å². The van der Waals surface area contributed by atoms with Crippen LogP contribution in [0.1, 0.15) is 11.4 Å². The van der Waals surface area contributed by atoms with E-state index < -0.39 is 6.04 Å². The zero-order valence-corrected chi connectivity index (χ0v) is 10.2. The molecule has 0 saturated carbocycles. The Balaban J connectivity index is 1.83. The van der Waals surface area contributed by atoms with Gasteiger partial charge in [-0.05, 0) is 24.1 Å². The molecule has 0 saturated heterocycles. The molecule has 0 aliphatic carbocycles. The van der Waals surface area contributed by atoms with E-state index in [1.165, 1.54) is 6.33 Å². The lowest BCUT2D eigenvalue weighted by atomic mass is 10.1. The minimum absolute atomic E-state index is 0.187. The fourth-order valence-corrected chi connectivity index (χ4v) is 1.60. The van der Waals surface area contributed by atoms with Crippen molar-refractivity contribution in [3.05, 3.63) is 42.0 Å². The van der Waals surface area contributed by atoms with Crippen LogP contribution in [0.4, 0.5) is 0 Å². The summed E-state index contributed by atoms with van der Waals surface area (Å²) in [6, 6.07) is 5.95. The number of nitrogens with one attached hydrogen (secondary N) is 2. The molecule has 0 bridgehead atoms. The monoisotopic (exact) mass is 261 g/mol. The number of nitrogens with two attached hydrogens (primary N) is 1. The zero-order valence-electron chi connectivity index (χ0n) is 10.2. The average Bonchev–Trinajstić information content (AvgIpc) is 2.91. The lowest BCUT2D eigenvalue weighted by Gasteiger charge is -2.11. The second-order valence-corrected chi connectivity index (χ2v) is 4.13. The van der Waals surface area contributed by atoms with Crippen LogP contribution in [0.5, 0.6) is 5.75 Å². The van der Waals surface area contributed by atoms with Gasteiger partial charge in [0.05, 0.1) is 12.6 Å². The molecular formula is C12H15N5O2. The van der Waals surface area contributed by atoms with Gasteiger partial charge in [-0.1, -0.05) is 12.1 Å². The predicted molar refractivity (Wildman–Crippen MR) is 68.0 cm³/mol. The number of phenols is 1. The van der Waals surface area contributed by atoms with E-state index in [9.17, 15) is 4.79 Å². The lowest BCUT2D eigenvalue weighted by molar-refractivity contribution is -0.122. The molecule has 0 aliphatic heterocycles. The number of amides is 1. The smallest absolute Gasteiger partial charge is 0.237 e. The van der Waals surface area contributed by atoms with Crippen molar-refractivity contribution >= 4 is 5.91 Å². The van der Waals surface area contributed by atoms with Crippen LogP contribution in [-0.2, 0) is 17.8 Å². The van der Waals surface area contributed by atoms with E-state index in [-0.39, 0.29) is 18.2 Å². The van der Waals surface area contributed by atoms with Gasteiger partial charge in [0.1, 0.15) is 17.9 Å². The summed E-state index contributed by atoms with van der Waals surface area (Å²) < 4.78 is 0. The Morgan fingerprint density at radius 3 is 2.79 bits per heavy atom. The first-order valence-electron chi connectivity index (χ1n) is 5.80. The second-order valence-electron chi connectivity index (χ2n) is 4.13. The van der Waals surface area contributed by atoms with Gasteiger partial charge < -0.3 is 16.2 Å². The van der Waals surface area contributed by atoms with Gasteiger partial charge >= 0.3 is 0 Å². The van der Waals surface area contributed by atoms with E-state index in [0.29, 0.717) is 12.2 Å². The van der Waals surface area contributed by atoms with Crippen molar-refractivity contribution < 1.29 is 9.90 Å². The summed E-state index contributed by atoms with van der Waals surface area (Å²) in [5.74, 6) is 0.502. The van der Waals surface area contributed by atoms with E-state index >= 15 is 0 Å². The van der Waals surface area contributed by atoms with Crippen LogP contribution < -0.4 is 11.1 Å². The molecule has 7 heteroatoms. The van der Waals surface area contributed by atoms with E-state index in [2.05, 4.69) is 20.5 Å². The molecule has 0 spiro atoms. The molecule has 5 N–H and O–H groups in total. The number of carbonyl (C=O) groups is 1. The highest BCUT2D eigenvalue weighted by Crippen LogP contribution is 2.10. The van der Waals surface area contributed by atoms with Crippen LogP contribution >= 0.6 is 0 Å². The van der Waals surface area contributed by atoms with Crippen LogP contribution in [-0.4, -0.2) is 32.2 Å². The van der Waals surface area contributed by atoms with Crippen LogP contribution in [0.3, 0.4) is 0 Å². The number of phenolic OH excluding ortho intramolecular Hbond substituents is 1. The van der Waals surface area contributed by atoms with Crippen molar-refractivity contribution in [2.75, 3.05) is 0 Å². The van der Waals surface area contributed by atoms with Crippen LogP contribution in [0.2, 0.25) is 0 Å². The summed E-state index contributed by atoms with van der Waals surface area (Å²) in [7, 11) is 0. The van der Waals surface area contributed by atoms with E-state index in [1.807, 2.05) is 0 Å². The number of carbonyl (C=O) groups excluding carboxylic acids is 1. The maximum atomic E-state index is 11.8. The van der Waals surface area contributed by atoms with Gasteiger partial charge in [0, 0.05) is 0 Å².